The Morgan fingerprint density at radius 1 is 1.13 bits per heavy atom. The van der Waals surface area contributed by atoms with Crippen molar-refractivity contribution in [1.29, 1.82) is 5.26 Å². The van der Waals surface area contributed by atoms with Gasteiger partial charge in [0.1, 0.15) is 35.3 Å². The predicted octanol–water partition coefficient (Wildman–Crippen LogP) is 4.30. The molecule has 38 heavy (non-hydrogen) atoms. The number of nitrogens with zero attached hydrogens (tertiary/aromatic N) is 6. The van der Waals surface area contributed by atoms with Gasteiger partial charge in [0.2, 0.25) is 0 Å². The Morgan fingerprint density at radius 2 is 1.79 bits per heavy atom. The molecule has 0 radical (unpaired) electrons. The second-order valence-corrected chi connectivity index (χ2v) is 17.4. The SMILES string of the molecule is CC(C)(C)OC(=O)N1CCN(C(=O)c2cnn3c4c(C#N)cc(F)cc4n(COCC[Si](C)(C)C)c23)CC1. The van der Waals surface area contributed by atoms with Crippen molar-refractivity contribution in [2.75, 3.05) is 32.8 Å². The standard InChI is InChI=1S/C26H35FN6O4Si/c1-26(2,3)37-25(35)31-9-7-30(8-10-31)24(34)20-16-29-33-22-18(15-28)13-19(27)14-21(22)32(23(20)33)17-36-11-12-38(4,5)6/h13-14,16H,7-12,17H2,1-6H3. The maximum atomic E-state index is 14.5. The summed E-state index contributed by atoms with van der Waals surface area (Å²) in [5.41, 5.74) is 1.15. The Bertz CT molecular complexity index is 1400. The van der Waals surface area contributed by atoms with Gasteiger partial charge >= 0.3 is 6.09 Å². The van der Waals surface area contributed by atoms with Crippen LogP contribution >= 0.6 is 0 Å². The summed E-state index contributed by atoms with van der Waals surface area (Å²) in [6.07, 6.45) is 1.07. The van der Waals surface area contributed by atoms with Crippen LogP contribution in [-0.2, 0) is 16.2 Å². The molecule has 1 aromatic carbocycles. The van der Waals surface area contributed by atoms with Crippen molar-refractivity contribution in [2.24, 2.45) is 0 Å². The van der Waals surface area contributed by atoms with E-state index in [1.165, 1.54) is 16.8 Å². The summed E-state index contributed by atoms with van der Waals surface area (Å²) in [7, 11) is -1.33. The Hall–Kier alpha value is -3.43. The number of nitriles is 1. The first kappa shape index (κ1) is 27.6. The van der Waals surface area contributed by atoms with Gasteiger partial charge in [-0.25, -0.2) is 13.7 Å². The zero-order valence-electron chi connectivity index (χ0n) is 22.9. The van der Waals surface area contributed by atoms with Crippen LogP contribution in [0.15, 0.2) is 18.3 Å². The van der Waals surface area contributed by atoms with Gasteiger partial charge in [-0.2, -0.15) is 10.4 Å². The number of imidazole rings is 1. The van der Waals surface area contributed by atoms with E-state index in [0.29, 0.717) is 55.0 Å². The van der Waals surface area contributed by atoms with Crippen molar-refractivity contribution in [3.63, 3.8) is 0 Å². The number of fused-ring (bicyclic) bond motifs is 3. The second-order valence-electron chi connectivity index (χ2n) is 11.8. The lowest BCUT2D eigenvalue weighted by atomic mass is 10.2. The fourth-order valence-electron chi connectivity index (χ4n) is 4.38. The summed E-state index contributed by atoms with van der Waals surface area (Å²) in [6, 6.07) is 5.49. The molecular formula is C26H35FN6O4Si. The molecule has 0 saturated carbocycles. The zero-order chi connectivity index (χ0) is 27.8. The van der Waals surface area contributed by atoms with Crippen LogP contribution in [0.3, 0.4) is 0 Å². The molecule has 12 heteroatoms. The monoisotopic (exact) mass is 542 g/mol. The number of amides is 2. The summed E-state index contributed by atoms with van der Waals surface area (Å²) in [5.74, 6) is -0.807. The number of hydrogen-bond donors (Lipinski definition) is 0. The molecule has 2 amide bonds. The molecule has 204 valence electrons. The van der Waals surface area contributed by atoms with E-state index in [0.717, 1.165) is 12.1 Å². The largest absolute Gasteiger partial charge is 0.444 e. The van der Waals surface area contributed by atoms with E-state index in [2.05, 4.69) is 24.7 Å². The molecule has 3 heterocycles. The van der Waals surface area contributed by atoms with Crippen molar-refractivity contribution < 1.29 is 23.5 Å². The smallest absolute Gasteiger partial charge is 0.410 e. The molecular weight excluding hydrogens is 507 g/mol. The number of carbonyl (C=O) groups excluding carboxylic acids is 2. The predicted molar refractivity (Wildman–Crippen MR) is 143 cm³/mol. The average Bonchev–Trinajstić information content (AvgIpc) is 3.37. The number of halogens is 1. The number of aromatic nitrogens is 3. The third-order valence-corrected chi connectivity index (χ3v) is 8.05. The van der Waals surface area contributed by atoms with Gasteiger partial charge in [-0.15, -0.1) is 0 Å². The highest BCUT2D eigenvalue weighted by Gasteiger charge is 2.31. The summed E-state index contributed by atoms with van der Waals surface area (Å²) < 4.78 is 29.1. The number of hydrogen-bond acceptors (Lipinski definition) is 6. The Kier molecular flexibility index (Phi) is 7.54. The minimum absolute atomic E-state index is 0.0875. The Labute approximate surface area is 222 Å². The maximum Gasteiger partial charge on any atom is 0.410 e. The van der Waals surface area contributed by atoms with Crippen molar-refractivity contribution >= 4 is 36.8 Å². The lowest BCUT2D eigenvalue weighted by Crippen LogP contribution is -2.51. The fourth-order valence-corrected chi connectivity index (χ4v) is 5.14. The first-order valence-electron chi connectivity index (χ1n) is 12.7. The van der Waals surface area contributed by atoms with Gasteiger partial charge < -0.3 is 19.3 Å². The molecule has 0 aliphatic carbocycles. The second kappa shape index (κ2) is 10.4. The van der Waals surface area contributed by atoms with Gasteiger partial charge in [0, 0.05) is 40.9 Å². The minimum atomic E-state index is -1.33. The third kappa shape index (κ3) is 5.84. The van der Waals surface area contributed by atoms with Crippen LogP contribution in [0.1, 0.15) is 36.7 Å². The molecule has 0 spiro atoms. The fraction of sp³-hybridized carbons (Fsp3) is 0.538. The van der Waals surface area contributed by atoms with Gasteiger partial charge in [0.15, 0.2) is 5.65 Å². The highest BCUT2D eigenvalue weighted by atomic mass is 28.3. The van der Waals surface area contributed by atoms with Crippen molar-refractivity contribution in [2.45, 2.75) is 58.8 Å². The number of rotatable bonds is 6. The molecule has 0 unspecified atom stereocenters. The average molecular weight is 543 g/mol. The van der Waals surface area contributed by atoms with E-state index in [-0.39, 0.29) is 18.2 Å². The Balaban J connectivity index is 1.64. The van der Waals surface area contributed by atoms with Crippen LogP contribution in [0.4, 0.5) is 9.18 Å². The third-order valence-electron chi connectivity index (χ3n) is 6.34. The van der Waals surface area contributed by atoms with Gasteiger partial charge in [-0.3, -0.25) is 9.36 Å². The number of piperazine rings is 1. The highest BCUT2D eigenvalue weighted by molar-refractivity contribution is 6.76. The number of benzene rings is 1. The molecule has 10 nitrogen and oxygen atoms in total. The lowest BCUT2D eigenvalue weighted by Gasteiger charge is -2.35. The normalized spacial score (nSPS) is 14.8. The minimum Gasteiger partial charge on any atom is -0.444 e. The summed E-state index contributed by atoms with van der Waals surface area (Å²) in [4.78, 5) is 29.3. The van der Waals surface area contributed by atoms with Crippen LogP contribution < -0.4 is 0 Å². The van der Waals surface area contributed by atoms with Crippen LogP contribution in [-0.4, -0.2) is 82.4 Å². The van der Waals surface area contributed by atoms with E-state index < -0.39 is 25.6 Å². The topological polar surface area (TPSA) is 105 Å². The Morgan fingerprint density at radius 3 is 2.39 bits per heavy atom. The van der Waals surface area contributed by atoms with E-state index in [4.69, 9.17) is 9.47 Å². The molecule has 0 atom stereocenters. The molecule has 1 aliphatic heterocycles. The van der Waals surface area contributed by atoms with E-state index >= 15 is 0 Å². The van der Waals surface area contributed by atoms with Gasteiger partial charge in [0.05, 0.1) is 17.3 Å². The lowest BCUT2D eigenvalue weighted by molar-refractivity contribution is 0.0141. The molecule has 0 bridgehead atoms. The molecule has 4 rings (SSSR count). The quantitative estimate of drug-likeness (QED) is 0.340. The first-order valence-corrected chi connectivity index (χ1v) is 16.4. The molecule has 3 aromatic rings. The van der Waals surface area contributed by atoms with Crippen LogP contribution in [0.25, 0.3) is 16.7 Å². The number of ether oxygens (including phenoxy) is 2. The van der Waals surface area contributed by atoms with E-state index in [1.807, 2.05) is 26.8 Å². The summed E-state index contributed by atoms with van der Waals surface area (Å²) in [6.45, 7) is 14.2. The first-order chi connectivity index (χ1) is 17.8. The van der Waals surface area contributed by atoms with Gasteiger partial charge in [-0.05, 0) is 38.9 Å². The van der Waals surface area contributed by atoms with Crippen molar-refractivity contribution in [1.82, 2.24) is 24.0 Å². The summed E-state index contributed by atoms with van der Waals surface area (Å²) >= 11 is 0. The molecule has 2 aromatic heterocycles. The highest BCUT2D eigenvalue weighted by Crippen LogP contribution is 2.28. The van der Waals surface area contributed by atoms with E-state index in [1.54, 1.807) is 14.4 Å². The number of carbonyl (C=O) groups is 2. The van der Waals surface area contributed by atoms with Crippen LogP contribution in [0.5, 0.6) is 0 Å². The molecule has 1 aliphatic rings. The van der Waals surface area contributed by atoms with Gasteiger partial charge in [-0.1, -0.05) is 19.6 Å². The molecule has 0 N–H and O–H groups in total. The molecule has 1 saturated heterocycles. The molecule has 1 fully saturated rings. The van der Waals surface area contributed by atoms with Crippen LogP contribution in [0.2, 0.25) is 25.7 Å². The van der Waals surface area contributed by atoms with Crippen LogP contribution in [0, 0.1) is 17.1 Å². The van der Waals surface area contributed by atoms with Crippen molar-refractivity contribution in [3.05, 3.63) is 35.3 Å². The van der Waals surface area contributed by atoms with Crippen molar-refractivity contribution in [3.8, 4) is 6.07 Å². The summed E-state index contributed by atoms with van der Waals surface area (Å²) in [5, 5.41) is 14.1. The zero-order valence-corrected chi connectivity index (χ0v) is 23.9. The van der Waals surface area contributed by atoms with Gasteiger partial charge in [0.25, 0.3) is 5.91 Å². The maximum absolute atomic E-state index is 14.5. The van der Waals surface area contributed by atoms with E-state index in [9.17, 15) is 19.2 Å².